The normalized spacial score (nSPS) is 16.1. The summed E-state index contributed by atoms with van der Waals surface area (Å²) < 4.78 is 0. The van der Waals surface area contributed by atoms with Gasteiger partial charge in [-0.2, -0.15) is 4.98 Å². The predicted molar refractivity (Wildman–Crippen MR) is 82.2 cm³/mol. The van der Waals surface area contributed by atoms with Crippen molar-refractivity contribution in [2.75, 3.05) is 17.2 Å². The number of aryl methyl sites for hydroxylation is 1. The van der Waals surface area contributed by atoms with E-state index in [0.717, 1.165) is 28.5 Å². The van der Waals surface area contributed by atoms with Crippen LogP contribution in [-0.2, 0) is 0 Å². The van der Waals surface area contributed by atoms with Crippen LogP contribution in [0.25, 0.3) is 10.2 Å². The molecule has 0 aromatic carbocycles. The van der Waals surface area contributed by atoms with Gasteiger partial charge in [-0.3, -0.25) is 0 Å². The zero-order valence-electron chi connectivity index (χ0n) is 11.5. The van der Waals surface area contributed by atoms with Crippen LogP contribution < -0.4 is 10.6 Å². The largest absolute Gasteiger partial charge is 0.367 e. The molecule has 19 heavy (non-hydrogen) atoms. The number of fused-ring (bicyclic) bond motifs is 1. The van der Waals surface area contributed by atoms with Crippen molar-refractivity contribution < 1.29 is 0 Å². The number of aromatic nitrogens is 2. The summed E-state index contributed by atoms with van der Waals surface area (Å²) in [5.74, 6) is 1.73. The summed E-state index contributed by atoms with van der Waals surface area (Å²) in [4.78, 5) is 11.6. The highest BCUT2D eigenvalue weighted by atomic mass is 32.1. The molecule has 0 amide bonds. The minimum atomic E-state index is 0.577. The summed E-state index contributed by atoms with van der Waals surface area (Å²) in [6, 6.07) is 2.76. The van der Waals surface area contributed by atoms with E-state index < -0.39 is 0 Å². The Kier molecular flexibility index (Phi) is 3.55. The third-order valence-corrected chi connectivity index (χ3v) is 4.49. The Morgan fingerprint density at radius 2 is 2.11 bits per heavy atom. The fourth-order valence-electron chi connectivity index (χ4n) is 2.65. The Labute approximate surface area is 117 Å². The van der Waals surface area contributed by atoms with Gasteiger partial charge in [-0.15, -0.1) is 11.3 Å². The molecule has 3 rings (SSSR count). The molecular weight excluding hydrogens is 256 g/mol. The first kappa shape index (κ1) is 12.7. The molecule has 0 aliphatic heterocycles. The van der Waals surface area contributed by atoms with E-state index in [-0.39, 0.29) is 0 Å². The fraction of sp³-hybridized carbons (Fsp3) is 0.571. The summed E-state index contributed by atoms with van der Waals surface area (Å²) in [5, 5.41) is 7.99. The molecule has 5 heteroatoms. The second-order valence-corrected chi connectivity index (χ2v) is 6.36. The van der Waals surface area contributed by atoms with Crippen molar-refractivity contribution in [3.63, 3.8) is 0 Å². The van der Waals surface area contributed by atoms with Crippen LogP contribution >= 0.6 is 11.3 Å². The average molecular weight is 276 g/mol. The molecule has 0 bridgehead atoms. The highest BCUT2D eigenvalue weighted by Crippen LogP contribution is 2.31. The van der Waals surface area contributed by atoms with Gasteiger partial charge in [0.05, 0.1) is 5.39 Å². The smallest absolute Gasteiger partial charge is 0.226 e. The van der Waals surface area contributed by atoms with Gasteiger partial charge in [0.1, 0.15) is 10.6 Å². The maximum absolute atomic E-state index is 4.64. The van der Waals surface area contributed by atoms with Gasteiger partial charge >= 0.3 is 0 Å². The lowest BCUT2D eigenvalue weighted by Gasteiger charge is -2.14. The second-order valence-electron chi connectivity index (χ2n) is 5.13. The average Bonchev–Trinajstić information content (AvgIpc) is 2.98. The molecule has 1 aliphatic carbocycles. The summed E-state index contributed by atoms with van der Waals surface area (Å²) >= 11 is 1.73. The second kappa shape index (κ2) is 5.33. The maximum atomic E-state index is 4.64. The van der Waals surface area contributed by atoms with E-state index in [4.69, 9.17) is 0 Å². The number of nitrogens with zero attached hydrogens (tertiary/aromatic N) is 2. The quantitative estimate of drug-likeness (QED) is 0.892. The minimum Gasteiger partial charge on any atom is -0.367 e. The van der Waals surface area contributed by atoms with Gasteiger partial charge < -0.3 is 10.6 Å². The third-order valence-electron chi connectivity index (χ3n) is 3.55. The van der Waals surface area contributed by atoms with Gasteiger partial charge in [0.25, 0.3) is 0 Å². The number of anilines is 2. The lowest BCUT2D eigenvalue weighted by Crippen LogP contribution is -2.16. The van der Waals surface area contributed by atoms with Crippen molar-refractivity contribution in [1.29, 1.82) is 0 Å². The number of thiophene rings is 1. The van der Waals surface area contributed by atoms with E-state index in [1.165, 1.54) is 30.6 Å². The molecule has 102 valence electrons. The SMILES string of the molecule is CCNc1nc(NC2CCCC2)c2cc(C)sc2n1. The van der Waals surface area contributed by atoms with Crippen molar-refractivity contribution in [2.24, 2.45) is 0 Å². The number of hydrogen-bond donors (Lipinski definition) is 2. The van der Waals surface area contributed by atoms with Crippen molar-refractivity contribution in [1.82, 2.24) is 9.97 Å². The van der Waals surface area contributed by atoms with Crippen molar-refractivity contribution in [3.8, 4) is 0 Å². The minimum absolute atomic E-state index is 0.577. The summed E-state index contributed by atoms with van der Waals surface area (Å²) in [6.45, 7) is 5.04. The van der Waals surface area contributed by atoms with Gasteiger partial charge in [-0.05, 0) is 32.8 Å². The zero-order chi connectivity index (χ0) is 13.2. The lowest BCUT2D eigenvalue weighted by atomic mass is 10.2. The van der Waals surface area contributed by atoms with Crippen LogP contribution in [0.4, 0.5) is 11.8 Å². The van der Waals surface area contributed by atoms with Gasteiger partial charge in [0.2, 0.25) is 5.95 Å². The first-order valence-electron chi connectivity index (χ1n) is 7.05. The number of nitrogens with one attached hydrogen (secondary N) is 2. The van der Waals surface area contributed by atoms with E-state index in [1.807, 2.05) is 0 Å². The molecule has 2 N–H and O–H groups in total. The molecular formula is C14H20N4S. The van der Waals surface area contributed by atoms with E-state index in [9.17, 15) is 0 Å². The molecule has 2 aromatic rings. The monoisotopic (exact) mass is 276 g/mol. The van der Waals surface area contributed by atoms with Gasteiger partial charge in [-0.25, -0.2) is 4.98 Å². The molecule has 0 atom stereocenters. The molecule has 0 spiro atoms. The van der Waals surface area contributed by atoms with Crippen LogP contribution in [0.2, 0.25) is 0 Å². The van der Waals surface area contributed by atoms with Crippen LogP contribution in [-0.4, -0.2) is 22.6 Å². The van der Waals surface area contributed by atoms with Crippen LogP contribution in [0.1, 0.15) is 37.5 Å². The third kappa shape index (κ3) is 2.66. The maximum Gasteiger partial charge on any atom is 0.226 e. The predicted octanol–water partition coefficient (Wildman–Crippen LogP) is 3.79. The molecule has 4 nitrogen and oxygen atoms in total. The Morgan fingerprint density at radius 3 is 2.84 bits per heavy atom. The van der Waals surface area contributed by atoms with Crippen molar-refractivity contribution in [3.05, 3.63) is 10.9 Å². The Balaban J connectivity index is 1.98. The molecule has 0 saturated heterocycles. The summed E-state index contributed by atoms with van der Waals surface area (Å²) in [5.41, 5.74) is 0. The first-order valence-corrected chi connectivity index (χ1v) is 7.86. The molecule has 2 heterocycles. The summed E-state index contributed by atoms with van der Waals surface area (Å²) in [7, 11) is 0. The highest BCUT2D eigenvalue weighted by molar-refractivity contribution is 7.18. The van der Waals surface area contributed by atoms with Crippen LogP contribution in [0.5, 0.6) is 0 Å². The van der Waals surface area contributed by atoms with Crippen LogP contribution in [0.3, 0.4) is 0 Å². The standard InChI is InChI=1S/C14H20N4S/c1-3-15-14-17-12(16-10-6-4-5-7-10)11-8-9(2)19-13(11)18-14/h8,10H,3-7H2,1-2H3,(H2,15,16,17,18). The molecule has 0 radical (unpaired) electrons. The number of hydrogen-bond acceptors (Lipinski definition) is 5. The summed E-state index contributed by atoms with van der Waals surface area (Å²) in [6.07, 6.45) is 5.17. The Bertz CT molecular complexity index is 572. The molecule has 1 saturated carbocycles. The van der Waals surface area contributed by atoms with E-state index in [1.54, 1.807) is 11.3 Å². The van der Waals surface area contributed by atoms with Crippen molar-refractivity contribution in [2.45, 2.75) is 45.6 Å². The van der Waals surface area contributed by atoms with E-state index in [2.05, 4.69) is 40.5 Å². The topological polar surface area (TPSA) is 49.8 Å². The Morgan fingerprint density at radius 1 is 1.32 bits per heavy atom. The highest BCUT2D eigenvalue weighted by Gasteiger charge is 2.18. The van der Waals surface area contributed by atoms with Gasteiger partial charge in [-0.1, -0.05) is 12.8 Å². The Hall–Kier alpha value is -1.36. The number of rotatable bonds is 4. The molecule has 1 fully saturated rings. The molecule has 1 aliphatic rings. The lowest BCUT2D eigenvalue weighted by molar-refractivity contribution is 0.752. The van der Waals surface area contributed by atoms with E-state index in [0.29, 0.717) is 6.04 Å². The van der Waals surface area contributed by atoms with Crippen molar-refractivity contribution >= 4 is 33.3 Å². The molecule has 2 aromatic heterocycles. The van der Waals surface area contributed by atoms with Gasteiger partial charge in [0.15, 0.2) is 0 Å². The fourth-order valence-corrected chi connectivity index (χ4v) is 3.53. The van der Waals surface area contributed by atoms with E-state index >= 15 is 0 Å². The first-order chi connectivity index (χ1) is 9.26. The van der Waals surface area contributed by atoms with Gasteiger partial charge in [0, 0.05) is 17.5 Å². The van der Waals surface area contributed by atoms with Crippen LogP contribution in [0, 0.1) is 6.92 Å². The zero-order valence-corrected chi connectivity index (χ0v) is 12.3. The van der Waals surface area contributed by atoms with Crippen LogP contribution in [0.15, 0.2) is 6.07 Å². The molecule has 0 unspecified atom stereocenters.